The number of aryl methyl sites for hydroxylation is 1. The summed E-state index contributed by atoms with van der Waals surface area (Å²) in [5, 5.41) is 0. The molecule has 4 heteroatoms. The van der Waals surface area contributed by atoms with E-state index < -0.39 is 0 Å². The van der Waals surface area contributed by atoms with Gasteiger partial charge < -0.3 is 18.9 Å². The van der Waals surface area contributed by atoms with Crippen molar-refractivity contribution in [3.63, 3.8) is 0 Å². The van der Waals surface area contributed by atoms with Crippen molar-refractivity contribution < 1.29 is 18.9 Å². The number of fused-ring (bicyclic) bond motifs is 1. The summed E-state index contributed by atoms with van der Waals surface area (Å²) < 4.78 is 21.8. The third-order valence-corrected chi connectivity index (χ3v) is 4.61. The van der Waals surface area contributed by atoms with E-state index in [-0.39, 0.29) is 0 Å². The molecule has 0 N–H and O–H groups in total. The molecule has 2 aromatic carbocycles. The summed E-state index contributed by atoms with van der Waals surface area (Å²) in [6.45, 7) is 0. The molecule has 0 amide bonds. The second kappa shape index (κ2) is 7.51. The lowest BCUT2D eigenvalue weighted by molar-refractivity contribution is 0.324. The van der Waals surface area contributed by atoms with Crippen LogP contribution in [0.4, 0.5) is 0 Å². The molecule has 0 aromatic heterocycles. The number of hydrogen-bond acceptors (Lipinski definition) is 4. The zero-order chi connectivity index (χ0) is 17.8. The Morgan fingerprint density at radius 1 is 0.760 bits per heavy atom. The van der Waals surface area contributed by atoms with E-state index in [4.69, 9.17) is 18.9 Å². The lowest BCUT2D eigenvalue weighted by Crippen LogP contribution is -1.97. The Morgan fingerprint density at radius 2 is 1.48 bits per heavy atom. The van der Waals surface area contributed by atoms with Crippen molar-refractivity contribution in [1.82, 2.24) is 0 Å². The Labute approximate surface area is 149 Å². The van der Waals surface area contributed by atoms with Crippen molar-refractivity contribution in [1.29, 1.82) is 0 Å². The molecule has 2 aromatic rings. The van der Waals surface area contributed by atoms with Crippen LogP contribution in [-0.4, -0.2) is 28.4 Å². The first-order valence-corrected chi connectivity index (χ1v) is 8.38. The molecule has 0 atom stereocenters. The fraction of sp³-hybridized carbons (Fsp3) is 0.333. The summed E-state index contributed by atoms with van der Waals surface area (Å²) in [4.78, 5) is 0. The van der Waals surface area contributed by atoms with E-state index in [1.54, 1.807) is 28.4 Å². The fourth-order valence-electron chi connectivity index (χ4n) is 3.29. The van der Waals surface area contributed by atoms with Crippen LogP contribution in [-0.2, 0) is 6.42 Å². The topological polar surface area (TPSA) is 36.9 Å². The first-order valence-electron chi connectivity index (χ1n) is 8.38. The molecule has 4 nitrogen and oxygen atoms in total. The van der Waals surface area contributed by atoms with Crippen molar-refractivity contribution in [3.8, 4) is 23.0 Å². The second-order valence-electron chi connectivity index (χ2n) is 6.00. The lowest BCUT2D eigenvalue weighted by Gasteiger charge is -2.15. The monoisotopic (exact) mass is 340 g/mol. The molecule has 132 valence electrons. The summed E-state index contributed by atoms with van der Waals surface area (Å²) in [7, 11) is 6.61. The minimum Gasteiger partial charge on any atom is -0.497 e. The molecule has 0 radical (unpaired) electrons. The largest absolute Gasteiger partial charge is 0.497 e. The maximum absolute atomic E-state index is 5.49. The quantitative estimate of drug-likeness (QED) is 0.797. The third kappa shape index (κ3) is 3.43. The van der Waals surface area contributed by atoms with Crippen LogP contribution in [0.2, 0.25) is 0 Å². The summed E-state index contributed by atoms with van der Waals surface area (Å²) in [6, 6.07) is 10.3. The molecule has 0 saturated heterocycles. The van der Waals surface area contributed by atoms with E-state index >= 15 is 0 Å². The van der Waals surface area contributed by atoms with Gasteiger partial charge in [0, 0.05) is 0 Å². The summed E-state index contributed by atoms with van der Waals surface area (Å²) in [6.07, 6.45) is 5.37. The molecule has 0 spiro atoms. The molecular weight excluding hydrogens is 316 g/mol. The van der Waals surface area contributed by atoms with E-state index in [1.165, 1.54) is 16.7 Å². The van der Waals surface area contributed by atoms with Crippen LogP contribution in [0.5, 0.6) is 23.0 Å². The van der Waals surface area contributed by atoms with Gasteiger partial charge in [0.1, 0.15) is 5.75 Å². The van der Waals surface area contributed by atoms with Gasteiger partial charge in [-0.25, -0.2) is 0 Å². The third-order valence-electron chi connectivity index (χ3n) is 4.61. The fourth-order valence-corrected chi connectivity index (χ4v) is 3.29. The molecule has 0 saturated carbocycles. The van der Waals surface area contributed by atoms with Crippen molar-refractivity contribution in [2.75, 3.05) is 28.4 Å². The van der Waals surface area contributed by atoms with Crippen LogP contribution in [0, 0.1) is 0 Å². The normalized spacial score (nSPS) is 13.4. The highest BCUT2D eigenvalue weighted by Crippen LogP contribution is 2.41. The zero-order valence-electron chi connectivity index (χ0n) is 15.2. The predicted molar refractivity (Wildman–Crippen MR) is 99.9 cm³/mol. The van der Waals surface area contributed by atoms with Crippen molar-refractivity contribution in [3.05, 3.63) is 47.0 Å². The van der Waals surface area contributed by atoms with Gasteiger partial charge in [-0.1, -0.05) is 12.1 Å². The van der Waals surface area contributed by atoms with Gasteiger partial charge in [0.15, 0.2) is 11.5 Å². The first kappa shape index (κ1) is 17.2. The first-order chi connectivity index (χ1) is 12.2. The van der Waals surface area contributed by atoms with Crippen LogP contribution in [0.1, 0.15) is 29.5 Å². The van der Waals surface area contributed by atoms with Gasteiger partial charge >= 0.3 is 0 Å². The molecule has 0 unspecified atom stereocenters. The van der Waals surface area contributed by atoms with E-state index in [0.29, 0.717) is 17.2 Å². The SMILES string of the molecule is COc1ccc2c(c1)CCCC(c1cc(OC)c(OC)c(OC)c1)=C2. The number of ether oxygens (including phenoxy) is 4. The summed E-state index contributed by atoms with van der Waals surface area (Å²) in [5.41, 5.74) is 4.92. The molecule has 0 fully saturated rings. The Morgan fingerprint density at radius 3 is 2.08 bits per heavy atom. The van der Waals surface area contributed by atoms with E-state index in [2.05, 4.69) is 18.2 Å². The highest BCUT2D eigenvalue weighted by molar-refractivity contribution is 5.84. The van der Waals surface area contributed by atoms with Crippen molar-refractivity contribution >= 4 is 11.6 Å². The average molecular weight is 340 g/mol. The maximum atomic E-state index is 5.49. The van der Waals surface area contributed by atoms with Gasteiger partial charge in [-0.3, -0.25) is 0 Å². The van der Waals surface area contributed by atoms with Gasteiger partial charge in [0.25, 0.3) is 0 Å². The van der Waals surface area contributed by atoms with Crippen LogP contribution >= 0.6 is 0 Å². The molecule has 1 aliphatic carbocycles. The van der Waals surface area contributed by atoms with Gasteiger partial charge in [-0.2, -0.15) is 0 Å². The van der Waals surface area contributed by atoms with Crippen LogP contribution in [0.25, 0.3) is 11.6 Å². The average Bonchev–Trinajstić information content (AvgIpc) is 2.88. The van der Waals surface area contributed by atoms with Crippen LogP contribution < -0.4 is 18.9 Å². The molecule has 0 heterocycles. The molecule has 1 aliphatic rings. The van der Waals surface area contributed by atoms with Crippen molar-refractivity contribution in [2.45, 2.75) is 19.3 Å². The maximum Gasteiger partial charge on any atom is 0.203 e. The minimum atomic E-state index is 0.619. The smallest absolute Gasteiger partial charge is 0.203 e. The molecule has 0 bridgehead atoms. The zero-order valence-corrected chi connectivity index (χ0v) is 15.2. The van der Waals surface area contributed by atoms with E-state index in [1.807, 2.05) is 18.2 Å². The van der Waals surface area contributed by atoms with E-state index in [9.17, 15) is 0 Å². The van der Waals surface area contributed by atoms with E-state index in [0.717, 1.165) is 30.6 Å². The van der Waals surface area contributed by atoms with Gasteiger partial charge in [-0.15, -0.1) is 0 Å². The number of methoxy groups -OCH3 is 4. The highest BCUT2D eigenvalue weighted by atomic mass is 16.5. The summed E-state index contributed by atoms with van der Waals surface area (Å²) in [5.74, 6) is 2.88. The van der Waals surface area contributed by atoms with Crippen molar-refractivity contribution in [2.24, 2.45) is 0 Å². The van der Waals surface area contributed by atoms with Gasteiger partial charge in [-0.05, 0) is 65.8 Å². The lowest BCUT2D eigenvalue weighted by atomic mass is 9.99. The summed E-state index contributed by atoms with van der Waals surface area (Å²) >= 11 is 0. The number of hydrogen-bond donors (Lipinski definition) is 0. The Kier molecular flexibility index (Phi) is 5.17. The molecule has 25 heavy (non-hydrogen) atoms. The Balaban J connectivity index is 2.07. The molecule has 0 aliphatic heterocycles. The Bertz CT molecular complexity index is 767. The Hall–Kier alpha value is -2.62. The molecular formula is C21H24O4. The number of allylic oxidation sites excluding steroid dienone is 1. The second-order valence-corrected chi connectivity index (χ2v) is 6.00. The minimum absolute atomic E-state index is 0.619. The van der Waals surface area contributed by atoms with Gasteiger partial charge in [0.05, 0.1) is 28.4 Å². The molecule has 3 rings (SSSR count). The number of rotatable bonds is 5. The van der Waals surface area contributed by atoms with Crippen LogP contribution in [0.15, 0.2) is 30.3 Å². The highest BCUT2D eigenvalue weighted by Gasteiger charge is 2.17. The standard InChI is InChI=1S/C21H24O4/c1-22-18-9-8-16-10-14(6-5-7-15(16)11-18)17-12-19(23-2)21(25-4)20(13-17)24-3/h8-13H,5-7H2,1-4H3. The predicted octanol–water partition coefficient (Wildman–Crippen LogP) is 4.60. The number of benzene rings is 2. The van der Waals surface area contributed by atoms with Crippen LogP contribution in [0.3, 0.4) is 0 Å². The van der Waals surface area contributed by atoms with Gasteiger partial charge in [0.2, 0.25) is 5.75 Å².